The van der Waals surface area contributed by atoms with E-state index in [1.165, 1.54) is 0 Å². The van der Waals surface area contributed by atoms with Gasteiger partial charge in [0.1, 0.15) is 0 Å². The van der Waals surface area contributed by atoms with Crippen LogP contribution in [-0.4, -0.2) is 31.9 Å². The summed E-state index contributed by atoms with van der Waals surface area (Å²) in [4.78, 5) is 12.9. The van der Waals surface area contributed by atoms with Crippen molar-refractivity contribution in [2.45, 2.75) is 13.0 Å². The van der Waals surface area contributed by atoms with Crippen LogP contribution in [0.15, 0.2) is 54.1 Å². The van der Waals surface area contributed by atoms with Crippen molar-refractivity contribution in [2.24, 2.45) is 0 Å². The monoisotopic (exact) mass is 398 g/mol. The lowest BCUT2D eigenvalue weighted by molar-refractivity contribution is -0.138. The summed E-state index contributed by atoms with van der Waals surface area (Å²) in [5, 5.41) is 6.71. The largest absolute Gasteiger partial charge is 0.493 e. The zero-order chi connectivity index (χ0) is 20.1. The number of ether oxygens (including phenoxy) is 3. The van der Waals surface area contributed by atoms with Crippen molar-refractivity contribution in [2.75, 3.05) is 20.8 Å². The van der Waals surface area contributed by atoms with Crippen LogP contribution in [-0.2, 0) is 9.53 Å². The van der Waals surface area contributed by atoms with Crippen LogP contribution < -0.4 is 20.1 Å². The van der Waals surface area contributed by atoms with Crippen molar-refractivity contribution in [1.29, 1.82) is 0 Å². The van der Waals surface area contributed by atoms with E-state index >= 15 is 0 Å². The Hall–Kier alpha value is -3.06. The van der Waals surface area contributed by atoms with Crippen LogP contribution in [0.3, 0.4) is 0 Å². The Kier molecular flexibility index (Phi) is 6.16. The van der Waals surface area contributed by atoms with Crippen LogP contribution in [0.1, 0.15) is 24.1 Å². The Morgan fingerprint density at radius 2 is 1.79 bits per heavy atom. The number of methoxy groups -OCH3 is 2. The first-order chi connectivity index (χ1) is 13.6. The SMILES string of the molecule is CCOC(=O)C1=C(c2ccccc2)NC(=S)N[C@H]1c1ccc(OC)c(OC)c1. The number of rotatable bonds is 6. The zero-order valence-corrected chi connectivity index (χ0v) is 16.8. The fraction of sp³-hybridized carbons (Fsp3) is 0.238. The molecule has 0 fully saturated rings. The topological polar surface area (TPSA) is 68.8 Å². The lowest BCUT2D eigenvalue weighted by Gasteiger charge is -2.31. The van der Waals surface area contributed by atoms with Crippen molar-refractivity contribution in [3.63, 3.8) is 0 Å². The third-order valence-electron chi connectivity index (χ3n) is 4.37. The second-order valence-corrected chi connectivity index (χ2v) is 6.43. The van der Waals surface area contributed by atoms with Crippen LogP contribution >= 0.6 is 12.2 Å². The van der Waals surface area contributed by atoms with Crippen molar-refractivity contribution < 1.29 is 19.0 Å². The molecule has 0 saturated carbocycles. The van der Waals surface area contributed by atoms with Gasteiger partial charge in [-0.05, 0) is 42.4 Å². The molecule has 0 bridgehead atoms. The summed E-state index contributed by atoms with van der Waals surface area (Å²) in [6, 6.07) is 14.6. The highest BCUT2D eigenvalue weighted by Crippen LogP contribution is 2.36. The van der Waals surface area contributed by atoms with Gasteiger partial charge in [0, 0.05) is 0 Å². The molecule has 0 unspecified atom stereocenters. The number of hydrogen-bond donors (Lipinski definition) is 2. The predicted molar refractivity (Wildman–Crippen MR) is 111 cm³/mol. The van der Waals surface area contributed by atoms with E-state index in [-0.39, 0.29) is 6.61 Å². The molecule has 0 aromatic heterocycles. The van der Waals surface area contributed by atoms with Crippen LogP contribution in [0.4, 0.5) is 0 Å². The summed E-state index contributed by atoms with van der Waals surface area (Å²) in [5.74, 6) is 0.757. The minimum Gasteiger partial charge on any atom is -0.493 e. The number of benzene rings is 2. The number of thiocarbonyl (C=S) groups is 1. The van der Waals surface area contributed by atoms with E-state index in [1.807, 2.05) is 42.5 Å². The number of hydrogen-bond acceptors (Lipinski definition) is 5. The van der Waals surface area contributed by atoms with E-state index in [2.05, 4.69) is 10.6 Å². The fourth-order valence-corrected chi connectivity index (χ4v) is 3.33. The molecule has 146 valence electrons. The Morgan fingerprint density at radius 1 is 1.07 bits per heavy atom. The molecule has 6 nitrogen and oxygen atoms in total. The second kappa shape index (κ2) is 8.75. The molecule has 1 atom stereocenters. The molecule has 0 spiro atoms. The lowest BCUT2D eigenvalue weighted by Crippen LogP contribution is -2.45. The molecule has 1 aliphatic heterocycles. The molecule has 1 aliphatic rings. The summed E-state index contributed by atoms with van der Waals surface area (Å²) >= 11 is 5.41. The van der Waals surface area contributed by atoms with Crippen molar-refractivity contribution >= 4 is 29.0 Å². The number of esters is 1. The van der Waals surface area contributed by atoms with Crippen LogP contribution in [0.5, 0.6) is 11.5 Å². The first-order valence-electron chi connectivity index (χ1n) is 8.85. The van der Waals surface area contributed by atoms with Crippen LogP contribution in [0.2, 0.25) is 0 Å². The third-order valence-corrected chi connectivity index (χ3v) is 4.59. The standard InChI is InChI=1S/C21H22N2O4S/c1-4-27-20(24)17-18(13-8-6-5-7-9-13)22-21(28)23-19(17)14-10-11-15(25-2)16(12-14)26-3/h5-12,19H,4H2,1-3H3,(H2,22,23,28)/t19-/m0/s1. The quantitative estimate of drug-likeness (QED) is 0.572. The normalized spacial score (nSPS) is 16.1. The van der Waals surface area contributed by atoms with Crippen molar-refractivity contribution in [3.8, 4) is 11.5 Å². The van der Waals surface area contributed by atoms with Gasteiger partial charge < -0.3 is 24.8 Å². The Bertz CT molecular complexity index is 912. The van der Waals surface area contributed by atoms with Gasteiger partial charge in [-0.25, -0.2) is 4.79 Å². The maximum Gasteiger partial charge on any atom is 0.338 e. The first kappa shape index (κ1) is 19.7. The van der Waals surface area contributed by atoms with E-state index in [0.717, 1.165) is 11.1 Å². The summed E-state index contributed by atoms with van der Waals surface area (Å²) in [5.41, 5.74) is 2.73. The Labute approximate surface area is 169 Å². The molecule has 28 heavy (non-hydrogen) atoms. The van der Waals surface area contributed by atoms with Gasteiger partial charge in [-0.15, -0.1) is 0 Å². The van der Waals surface area contributed by atoms with Gasteiger partial charge >= 0.3 is 5.97 Å². The highest BCUT2D eigenvalue weighted by Gasteiger charge is 2.33. The van der Waals surface area contributed by atoms with Crippen molar-refractivity contribution in [1.82, 2.24) is 10.6 Å². The van der Waals surface area contributed by atoms with Crippen molar-refractivity contribution in [3.05, 3.63) is 65.2 Å². The molecule has 7 heteroatoms. The smallest absolute Gasteiger partial charge is 0.338 e. The van der Waals surface area contributed by atoms with Gasteiger partial charge in [-0.3, -0.25) is 0 Å². The number of nitrogens with one attached hydrogen (secondary N) is 2. The van der Waals surface area contributed by atoms with E-state index < -0.39 is 12.0 Å². The molecule has 2 N–H and O–H groups in total. The van der Waals surface area contributed by atoms with E-state index in [0.29, 0.717) is 27.9 Å². The van der Waals surface area contributed by atoms with Crippen LogP contribution in [0, 0.1) is 0 Å². The Balaban J connectivity index is 2.17. The molecule has 1 heterocycles. The summed E-state index contributed by atoms with van der Waals surface area (Å²) in [7, 11) is 3.15. The molecular formula is C21H22N2O4S. The lowest BCUT2D eigenvalue weighted by atomic mass is 9.92. The molecule has 0 radical (unpaired) electrons. The van der Waals surface area contributed by atoms with Gasteiger partial charge in [0.25, 0.3) is 0 Å². The highest BCUT2D eigenvalue weighted by molar-refractivity contribution is 7.80. The maximum absolute atomic E-state index is 12.9. The van der Waals surface area contributed by atoms with E-state index in [1.54, 1.807) is 27.2 Å². The summed E-state index contributed by atoms with van der Waals surface area (Å²) < 4.78 is 16.1. The zero-order valence-electron chi connectivity index (χ0n) is 15.9. The van der Waals surface area contributed by atoms with Gasteiger partial charge in [-0.2, -0.15) is 0 Å². The molecular weight excluding hydrogens is 376 g/mol. The molecule has 0 aliphatic carbocycles. The summed E-state index contributed by atoms with van der Waals surface area (Å²) in [6.45, 7) is 2.05. The average molecular weight is 398 g/mol. The Morgan fingerprint density at radius 3 is 2.43 bits per heavy atom. The molecule has 2 aromatic rings. The fourth-order valence-electron chi connectivity index (χ4n) is 3.11. The minimum absolute atomic E-state index is 0.271. The molecule has 3 rings (SSSR count). The number of carbonyl (C=O) groups excluding carboxylic acids is 1. The summed E-state index contributed by atoms with van der Waals surface area (Å²) in [6.07, 6.45) is 0. The van der Waals surface area contributed by atoms with Gasteiger partial charge in [0.15, 0.2) is 16.6 Å². The van der Waals surface area contributed by atoms with Gasteiger partial charge in [0.05, 0.1) is 38.1 Å². The maximum atomic E-state index is 12.9. The second-order valence-electron chi connectivity index (χ2n) is 6.02. The minimum atomic E-state index is -0.497. The number of carbonyl (C=O) groups is 1. The third kappa shape index (κ3) is 3.94. The van der Waals surface area contributed by atoms with E-state index in [9.17, 15) is 4.79 Å². The predicted octanol–water partition coefficient (Wildman–Crippen LogP) is 3.20. The van der Waals surface area contributed by atoms with Crippen LogP contribution in [0.25, 0.3) is 5.70 Å². The van der Waals surface area contributed by atoms with E-state index in [4.69, 9.17) is 26.4 Å². The highest BCUT2D eigenvalue weighted by atomic mass is 32.1. The van der Waals surface area contributed by atoms with Gasteiger partial charge in [-0.1, -0.05) is 36.4 Å². The average Bonchev–Trinajstić information content (AvgIpc) is 2.73. The molecule has 0 amide bonds. The first-order valence-corrected chi connectivity index (χ1v) is 9.26. The van der Waals surface area contributed by atoms with Gasteiger partial charge in [0.2, 0.25) is 0 Å². The molecule has 2 aromatic carbocycles. The molecule has 0 saturated heterocycles.